The highest BCUT2D eigenvalue weighted by molar-refractivity contribution is 5.03. The van der Waals surface area contributed by atoms with Crippen LogP contribution in [0, 0.1) is 92.2 Å². The molecule has 6 saturated carbocycles. The summed E-state index contributed by atoms with van der Waals surface area (Å²) in [5.74, 6) is 10.1. The molecule has 0 aromatic heterocycles. The number of piperidine rings is 7. The smallest absolute Gasteiger partial charge is 0.0120 e. The van der Waals surface area contributed by atoms with Crippen LogP contribution >= 0.6 is 0 Å². The van der Waals surface area contributed by atoms with E-state index < -0.39 is 0 Å². The van der Waals surface area contributed by atoms with Crippen molar-refractivity contribution in [3.8, 4) is 0 Å². The summed E-state index contributed by atoms with van der Waals surface area (Å²) in [6.45, 7) is 47.2. The van der Waals surface area contributed by atoms with Gasteiger partial charge < -0.3 is 34.3 Å². The molecule has 0 N–H and O–H groups in total. The van der Waals surface area contributed by atoms with E-state index in [-0.39, 0.29) is 0 Å². The van der Waals surface area contributed by atoms with Gasteiger partial charge in [0.05, 0.1) is 0 Å². The summed E-state index contributed by atoms with van der Waals surface area (Å²) in [6, 6.07) is 5.97. The fraction of sp³-hybridized carbons (Fsp3) is 1.00. The Balaban J connectivity index is 0.000000147. The lowest BCUT2D eigenvalue weighted by Gasteiger charge is -2.52. The molecule has 0 bridgehead atoms. The molecule has 7 saturated heterocycles. The summed E-state index contributed by atoms with van der Waals surface area (Å²) in [5, 5.41) is 0. The molecular formula is C81H157N7. The molecule has 7 nitrogen and oxygen atoms in total. The molecule has 0 aromatic rings. The second kappa shape index (κ2) is 32.6. The molecule has 88 heavy (non-hydrogen) atoms. The second-order valence-corrected chi connectivity index (χ2v) is 38.1. The maximum absolute atomic E-state index is 2.64. The molecule has 13 rings (SSSR count). The Morgan fingerprint density at radius 1 is 0.261 bits per heavy atom. The SMILES string of the molecule is CC(C)C1CC2(CCN1C)CC2.CC(C)C1CCC(C)(C)CN1C.CC(C)C1CCC2(CC2)CN1C.CC(C)C1CCC2(CCC2)CN1C.CC(C)C1CCC2(CCCC2)CN1C.CC(C)C1C[C@@H]2CCC[C@@H]2CN1C.CC(C)C1C[C@@H]2CC[C@@H]2CN1C. The Hall–Kier alpha value is -0.280. The number of likely N-dealkylation sites (tertiary alicyclic amines) is 7. The minimum absolute atomic E-state index is 0.542. The van der Waals surface area contributed by atoms with E-state index in [4.69, 9.17) is 0 Å². The van der Waals surface area contributed by atoms with Crippen LogP contribution < -0.4 is 0 Å². The minimum Gasteiger partial charge on any atom is -0.303 e. The van der Waals surface area contributed by atoms with Crippen molar-refractivity contribution < 1.29 is 0 Å². The largest absolute Gasteiger partial charge is 0.303 e. The van der Waals surface area contributed by atoms with Crippen LogP contribution in [0.15, 0.2) is 0 Å². The van der Waals surface area contributed by atoms with Crippen LogP contribution in [0.5, 0.6) is 0 Å². The highest BCUT2D eigenvalue weighted by Crippen LogP contribution is 2.56. The van der Waals surface area contributed by atoms with Crippen LogP contribution in [0.2, 0.25) is 0 Å². The third-order valence-corrected chi connectivity index (χ3v) is 28.0. The number of rotatable bonds is 7. The molecule has 0 amide bonds. The number of fused-ring (bicyclic) bond motifs is 2. The molecule has 0 aromatic carbocycles. The Labute approximate surface area is 551 Å². The lowest BCUT2D eigenvalue weighted by Crippen LogP contribution is -2.51. The van der Waals surface area contributed by atoms with Gasteiger partial charge in [-0.25, -0.2) is 0 Å². The number of hydrogen-bond acceptors (Lipinski definition) is 7. The molecular weight excluding hydrogens is 1070 g/mol. The summed E-state index contributed by atoms with van der Waals surface area (Å²) in [5.41, 5.74) is 3.65. The lowest BCUT2D eigenvalue weighted by atomic mass is 9.63. The van der Waals surface area contributed by atoms with Crippen molar-refractivity contribution in [2.45, 2.75) is 333 Å². The number of nitrogens with zero attached hydrogens (tertiary/aromatic N) is 7. The van der Waals surface area contributed by atoms with Crippen molar-refractivity contribution in [3.05, 3.63) is 0 Å². The molecule has 11 atom stereocenters. The summed E-state index contributed by atoms with van der Waals surface area (Å²) in [4.78, 5) is 18.2. The molecule has 0 radical (unpaired) electrons. The summed E-state index contributed by atoms with van der Waals surface area (Å²) in [7, 11) is 16.2. The van der Waals surface area contributed by atoms with Crippen molar-refractivity contribution in [1.82, 2.24) is 34.3 Å². The van der Waals surface area contributed by atoms with Crippen LogP contribution in [-0.2, 0) is 0 Å². The molecule has 7 heterocycles. The van der Waals surface area contributed by atoms with Gasteiger partial charge in [-0.3, -0.25) is 0 Å². The van der Waals surface area contributed by atoms with Crippen molar-refractivity contribution in [1.29, 1.82) is 0 Å². The first-order valence-electron chi connectivity index (χ1n) is 39.2. The van der Waals surface area contributed by atoms with E-state index in [0.717, 1.165) is 129 Å². The van der Waals surface area contributed by atoms with Crippen molar-refractivity contribution in [2.24, 2.45) is 92.2 Å². The molecule has 7 heteroatoms. The first kappa shape index (κ1) is 75.1. The fourth-order valence-electron chi connectivity index (χ4n) is 21.5. The van der Waals surface area contributed by atoms with E-state index in [1.54, 1.807) is 0 Å². The van der Waals surface area contributed by atoms with Gasteiger partial charge in [-0.1, -0.05) is 143 Å². The Morgan fingerprint density at radius 2 is 0.591 bits per heavy atom. The maximum atomic E-state index is 2.64. The molecule has 13 fully saturated rings. The van der Waals surface area contributed by atoms with Gasteiger partial charge in [0.2, 0.25) is 0 Å². The zero-order chi connectivity index (χ0) is 64.7. The number of hydrogen-bond donors (Lipinski definition) is 0. The molecule has 7 unspecified atom stereocenters. The zero-order valence-corrected chi connectivity index (χ0v) is 63.8. The summed E-state index contributed by atoms with van der Waals surface area (Å²) < 4.78 is 0. The first-order valence-corrected chi connectivity index (χ1v) is 39.2. The van der Waals surface area contributed by atoms with Crippen LogP contribution in [0.1, 0.15) is 291 Å². The predicted molar refractivity (Wildman–Crippen MR) is 386 cm³/mol. The fourth-order valence-corrected chi connectivity index (χ4v) is 21.5. The standard InChI is InChI=1S/C13H25N.2C12H23N.3C11H21N.C11H23N/c1-11(2)12-6-9-13(10-14(12)3)7-4-5-8-13;1-10(2)11-5-8-12(6-4-7-12)9-13(11)3;1-9(2)12-7-10-5-4-6-11(10)8-13(12)3;1-8(2)11-6-9-4-5-10(9)7-12(11)3;1-9(2)10-8-11(4-5-11)6-7-12(10)3;1-9(2)10-4-5-11(6-7-11)8-12(10)3;1-9(2)10-6-7-11(3,4)8-12(10)5/h11-12H,4-10H2,1-3H3;10-11H,4-9H2,1-3H3;9-12H,4-8H2,1-3H3;8-11H,4-7H2,1-3H3;2*9-10H,4-8H2,1-3H3;9-10H,6-8H2,1-5H3/t;;10-,11+,12?;9-,10+,11?;;;/m..00.../s1. The van der Waals surface area contributed by atoms with E-state index >= 15 is 0 Å². The van der Waals surface area contributed by atoms with Crippen molar-refractivity contribution in [3.63, 3.8) is 0 Å². The Kier molecular flexibility index (Phi) is 27.9. The summed E-state index contributed by atoms with van der Waals surface area (Å²) >= 11 is 0. The van der Waals surface area contributed by atoms with Gasteiger partial charge in [0.15, 0.2) is 0 Å². The molecule has 516 valence electrons. The van der Waals surface area contributed by atoms with E-state index in [2.05, 4.69) is 194 Å². The molecule has 4 spiro atoms. The average molecular weight is 1230 g/mol. The second-order valence-electron chi connectivity index (χ2n) is 38.1. The van der Waals surface area contributed by atoms with Crippen LogP contribution in [0.3, 0.4) is 0 Å². The van der Waals surface area contributed by atoms with Gasteiger partial charge in [-0.15, -0.1) is 0 Å². The minimum atomic E-state index is 0.542. The van der Waals surface area contributed by atoms with Gasteiger partial charge in [-0.2, -0.15) is 0 Å². The summed E-state index contributed by atoms with van der Waals surface area (Å²) in [6.07, 6.45) is 41.5. The first-order chi connectivity index (χ1) is 41.3. The lowest BCUT2D eigenvalue weighted by molar-refractivity contribution is -0.0106. The van der Waals surface area contributed by atoms with E-state index in [9.17, 15) is 0 Å². The van der Waals surface area contributed by atoms with Gasteiger partial charge >= 0.3 is 0 Å². The predicted octanol–water partition coefficient (Wildman–Crippen LogP) is 19.1. The van der Waals surface area contributed by atoms with Crippen molar-refractivity contribution in [2.75, 3.05) is 95.1 Å². The van der Waals surface area contributed by atoms with E-state index in [1.807, 2.05) is 0 Å². The van der Waals surface area contributed by atoms with Gasteiger partial charge in [0.25, 0.3) is 0 Å². The van der Waals surface area contributed by atoms with Crippen LogP contribution in [-0.4, -0.2) is 172 Å². The van der Waals surface area contributed by atoms with Gasteiger partial charge in [0, 0.05) is 81.6 Å². The van der Waals surface area contributed by atoms with E-state index in [0.29, 0.717) is 5.41 Å². The molecule has 13 aliphatic rings. The highest BCUT2D eigenvalue weighted by Gasteiger charge is 2.49. The average Bonchev–Trinajstić information content (AvgIpc) is 1.65. The topological polar surface area (TPSA) is 22.7 Å². The van der Waals surface area contributed by atoms with E-state index in [1.165, 1.54) is 226 Å². The monoisotopic (exact) mass is 1230 g/mol. The van der Waals surface area contributed by atoms with Crippen molar-refractivity contribution >= 4 is 0 Å². The Morgan fingerprint density at radius 3 is 0.920 bits per heavy atom. The van der Waals surface area contributed by atoms with Gasteiger partial charge in [0.1, 0.15) is 0 Å². The van der Waals surface area contributed by atoms with Crippen LogP contribution in [0.25, 0.3) is 0 Å². The van der Waals surface area contributed by atoms with Crippen LogP contribution in [0.4, 0.5) is 0 Å². The molecule has 7 aliphatic heterocycles. The highest BCUT2D eigenvalue weighted by atomic mass is 15.2. The maximum Gasteiger partial charge on any atom is 0.0120 e. The third-order valence-electron chi connectivity index (χ3n) is 28.0. The third kappa shape index (κ3) is 20.6. The Bertz CT molecular complexity index is 1960. The van der Waals surface area contributed by atoms with Gasteiger partial charge in [-0.05, 0) is 296 Å². The molecule has 6 aliphatic carbocycles. The quantitative estimate of drug-likeness (QED) is 0.250. The normalized spacial score (nSPS) is 35.7. The zero-order valence-electron chi connectivity index (χ0n) is 63.8.